The molecule has 12 nitrogen and oxygen atoms in total. The van der Waals surface area contributed by atoms with Crippen molar-refractivity contribution in [1.82, 2.24) is 29.7 Å². The van der Waals surface area contributed by atoms with Crippen molar-refractivity contribution in [1.29, 1.82) is 0 Å². The van der Waals surface area contributed by atoms with Gasteiger partial charge < -0.3 is 41.4 Å². The molecule has 1 aromatic carbocycles. The maximum Gasteiger partial charge on any atom is 0.158 e. The summed E-state index contributed by atoms with van der Waals surface area (Å²) in [5.74, 6) is 0.982. The lowest BCUT2D eigenvalue weighted by Gasteiger charge is -2.42. The van der Waals surface area contributed by atoms with E-state index in [-0.39, 0.29) is 17.8 Å². The summed E-state index contributed by atoms with van der Waals surface area (Å²) in [5.41, 5.74) is 10.6. The molecule has 0 radical (unpaired) electrons. The van der Waals surface area contributed by atoms with Gasteiger partial charge in [0.25, 0.3) is 0 Å². The van der Waals surface area contributed by atoms with Crippen LogP contribution in [0, 0.1) is 0 Å². The predicted octanol–water partition coefficient (Wildman–Crippen LogP) is 3.64. The molecular formula is C34H46N10O2. The van der Waals surface area contributed by atoms with Crippen LogP contribution in [-0.4, -0.2) is 104 Å². The van der Waals surface area contributed by atoms with Crippen molar-refractivity contribution in [2.75, 3.05) is 61.8 Å². The summed E-state index contributed by atoms with van der Waals surface area (Å²) in [6.07, 6.45) is 9.30. The molecular weight excluding hydrogens is 580 g/mol. The molecule has 46 heavy (non-hydrogen) atoms. The lowest BCUT2D eigenvalue weighted by Crippen LogP contribution is -2.52. The van der Waals surface area contributed by atoms with Crippen molar-refractivity contribution in [2.45, 2.75) is 62.9 Å². The van der Waals surface area contributed by atoms with E-state index in [9.17, 15) is 10.2 Å². The van der Waals surface area contributed by atoms with Crippen molar-refractivity contribution in [2.24, 2.45) is 5.73 Å². The number of piperidine rings is 1. The molecule has 3 aliphatic rings. The minimum atomic E-state index is -1.34. The number of fused-ring (bicyclic) bond motifs is 1. The molecule has 2 aliphatic heterocycles. The fraction of sp³-hybridized carbons (Fsp3) is 0.500. The lowest BCUT2D eigenvalue weighted by atomic mass is 9.93. The molecule has 1 unspecified atom stereocenters. The van der Waals surface area contributed by atoms with Crippen molar-refractivity contribution in [3.63, 3.8) is 0 Å². The van der Waals surface area contributed by atoms with Crippen molar-refractivity contribution < 1.29 is 10.2 Å². The first-order valence-corrected chi connectivity index (χ1v) is 16.7. The number of anilines is 4. The average Bonchev–Trinajstić information content (AvgIpc) is 3.56. The smallest absolute Gasteiger partial charge is 0.158 e. The van der Waals surface area contributed by atoms with Gasteiger partial charge >= 0.3 is 0 Å². The minimum Gasteiger partial charge on any atom is -0.393 e. The van der Waals surface area contributed by atoms with E-state index in [0.717, 1.165) is 74.0 Å². The summed E-state index contributed by atoms with van der Waals surface area (Å²) in [6, 6.07) is 11.2. The highest BCUT2D eigenvalue weighted by Crippen LogP contribution is 2.36. The van der Waals surface area contributed by atoms with E-state index in [1.165, 1.54) is 31.6 Å². The van der Waals surface area contributed by atoms with Crippen LogP contribution in [0.3, 0.4) is 0 Å². The number of nitrogens with two attached hydrogens (primary N) is 1. The third-order valence-corrected chi connectivity index (χ3v) is 9.99. The maximum absolute atomic E-state index is 10.7. The maximum atomic E-state index is 10.7. The van der Waals surface area contributed by atoms with Gasteiger partial charge in [-0.1, -0.05) is 0 Å². The van der Waals surface area contributed by atoms with E-state index in [1.54, 1.807) is 12.4 Å². The second kappa shape index (κ2) is 13.5. The summed E-state index contributed by atoms with van der Waals surface area (Å²) in [6.45, 7) is 6.77. The summed E-state index contributed by atoms with van der Waals surface area (Å²) < 4.78 is 0. The molecule has 7 N–H and O–H groups in total. The van der Waals surface area contributed by atoms with Crippen molar-refractivity contribution >= 4 is 33.9 Å². The number of nitrogens with one attached hydrogen (secondary N) is 3. The third-order valence-electron chi connectivity index (χ3n) is 9.99. The molecule has 12 heteroatoms. The number of likely N-dealkylation sites (N-methyl/N-ethyl adjacent to an activating group) is 1. The van der Waals surface area contributed by atoms with Crippen LogP contribution in [-0.2, 0) is 0 Å². The number of nitrogens with zero attached hydrogens (tertiary/aromatic N) is 6. The van der Waals surface area contributed by atoms with Gasteiger partial charge in [0, 0.05) is 86.1 Å². The zero-order valence-corrected chi connectivity index (χ0v) is 26.6. The van der Waals surface area contributed by atoms with Gasteiger partial charge in [-0.15, -0.1) is 0 Å². The van der Waals surface area contributed by atoms with Gasteiger partial charge in [-0.05, 0) is 75.9 Å². The van der Waals surface area contributed by atoms with E-state index >= 15 is 0 Å². The minimum absolute atomic E-state index is 0.135. The average molecular weight is 627 g/mol. The number of hydrogen-bond donors (Lipinski definition) is 6. The highest BCUT2D eigenvalue weighted by atomic mass is 16.3. The Hall–Kier alpha value is -3.81. The van der Waals surface area contributed by atoms with Crippen LogP contribution in [0.5, 0.6) is 0 Å². The molecule has 3 fully saturated rings. The summed E-state index contributed by atoms with van der Waals surface area (Å²) in [7, 11) is 2.21. The second-order valence-corrected chi connectivity index (χ2v) is 13.1. The highest BCUT2D eigenvalue weighted by molar-refractivity contribution is 5.96. The first-order valence-electron chi connectivity index (χ1n) is 16.7. The largest absolute Gasteiger partial charge is 0.393 e. The predicted molar refractivity (Wildman–Crippen MR) is 182 cm³/mol. The first-order chi connectivity index (χ1) is 22.4. The second-order valence-electron chi connectivity index (χ2n) is 13.1. The van der Waals surface area contributed by atoms with E-state index in [0.29, 0.717) is 23.4 Å². The van der Waals surface area contributed by atoms with E-state index in [2.05, 4.69) is 54.5 Å². The molecule has 1 saturated carbocycles. The van der Waals surface area contributed by atoms with Crippen LogP contribution >= 0.6 is 0 Å². The monoisotopic (exact) mass is 626 g/mol. The van der Waals surface area contributed by atoms with Crippen LogP contribution in [0.1, 0.15) is 50.4 Å². The molecule has 244 valence electrons. The Morgan fingerprint density at radius 2 is 1.63 bits per heavy atom. The molecule has 7 rings (SSSR count). The highest BCUT2D eigenvalue weighted by Gasteiger charge is 2.28. The number of aliphatic hydroxyl groups is 2. The van der Waals surface area contributed by atoms with Gasteiger partial charge in [0.15, 0.2) is 11.6 Å². The van der Waals surface area contributed by atoms with Gasteiger partial charge in [-0.25, -0.2) is 9.97 Å². The van der Waals surface area contributed by atoms with Gasteiger partial charge in [-0.3, -0.25) is 9.88 Å². The van der Waals surface area contributed by atoms with Crippen LogP contribution in [0.25, 0.3) is 22.2 Å². The Balaban J connectivity index is 1.12. The Bertz CT molecular complexity index is 1600. The zero-order chi connectivity index (χ0) is 31.6. The standard InChI is InChI=1S/C34H46N10O2/c1-42-16-18-44(19-17-42)25-11-14-43(15-12-25)24-6-2-22(3-7-24)39-34-31(32(35)46)40-30(28-20-36-21-29-27(28)10-13-37-29)33(41-34)38-23-4-8-26(45)9-5-23/h2-3,6-7,10,13,20-21,23,25-26,32,37,45-46H,4-5,8-9,11-12,14-19,35H2,1H3,(H2,38,39,41). The van der Waals surface area contributed by atoms with Crippen molar-refractivity contribution in [3.8, 4) is 11.3 Å². The molecule has 1 atom stereocenters. The van der Waals surface area contributed by atoms with Crippen molar-refractivity contribution in [3.05, 3.63) is 54.6 Å². The number of aliphatic hydroxyl groups excluding tert-OH is 2. The van der Waals surface area contributed by atoms with Gasteiger partial charge in [0.1, 0.15) is 17.6 Å². The lowest BCUT2D eigenvalue weighted by molar-refractivity contribution is 0.0982. The number of benzene rings is 1. The molecule has 0 bridgehead atoms. The fourth-order valence-electron chi connectivity index (χ4n) is 7.19. The van der Waals surface area contributed by atoms with E-state index in [4.69, 9.17) is 15.7 Å². The quantitative estimate of drug-likeness (QED) is 0.159. The number of pyridine rings is 1. The third kappa shape index (κ3) is 6.67. The number of aromatic amines is 1. The van der Waals surface area contributed by atoms with Crippen LogP contribution in [0.2, 0.25) is 0 Å². The Labute approximate surface area is 270 Å². The topological polar surface area (TPSA) is 155 Å². The molecule has 4 aromatic rings. The molecule has 1 aliphatic carbocycles. The number of hydrogen-bond acceptors (Lipinski definition) is 11. The Morgan fingerprint density at radius 3 is 2.35 bits per heavy atom. The molecule has 5 heterocycles. The number of piperazine rings is 1. The summed E-state index contributed by atoms with van der Waals surface area (Å²) in [5, 5.41) is 28.7. The Kier molecular flexibility index (Phi) is 9.05. The van der Waals surface area contributed by atoms with Crippen LogP contribution < -0.4 is 21.3 Å². The molecule has 2 saturated heterocycles. The van der Waals surface area contributed by atoms with Crippen LogP contribution in [0.4, 0.5) is 23.0 Å². The molecule has 3 aromatic heterocycles. The van der Waals surface area contributed by atoms with E-state index < -0.39 is 6.23 Å². The Morgan fingerprint density at radius 1 is 0.891 bits per heavy atom. The van der Waals surface area contributed by atoms with Gasteiger partial charge in [0.2, 0.25) is 0 Å². The normalized spacial score (nSPS) is 22.7. The first kappa shape index (κ1) is 30.8. The molecule has 0 amide bonds. The summed E-state index contributed by atoms with van der Waals surface area (Å²) in [4.78, 5) is 25.1. The zero-order valence-electron chi connectivity index (χ0n) is 26.6. The summed E-state index contributed by atoms with van der Waals surface area (Å²) >= 11 is 0. The number of aromatic nitrogens is 4. The SMILES string of the molecule is CN1CCN(C2CCN(c3ccc(Nc4nc(NC5CCC(O)CC5)c(-c5cncc6[nH]ccc56)nc4C(N)O)cc3)CC2)CC1. The van der Waals surface area contributed by atoms with Gasteiger partial charge in [-0.2, -0.15) is 0 Å². The molecule has 0 spiro atoms. The van der Waals surface area contributed by atoms with Crippen LogP contribution in [0.15, 0.2) is 48.9 Å². The number of H-pyrrole nitrogens is 1. The fourth-order valence-corrected chi connectivity index (χ4v) is 7.19. The van der Waals surface area contributed by atoms with Gasteiger partial charge in [0.05, 0.1) is 17.8 Å². The van der Waals surface area contributed by atoms with E-state index in [1.807, 2.05) is 24.4 Å². The number of rotatable bonds is 8.